The van der Waals surface area contributed by atoms with Crippen LogP contribution in [0.2, 0.25) is 0 Å². The van der Waals surface area contributed by atoms with Gasteiger partial charge in [-0.1, -0.05) is 25.5 Å². The first-order chi connectivity index (χ1) is 21.2. The summed E-state index contributed by atoms with van der Waals surface area (Å²) >= 11 is 0. The number of imide groups is 1. The average molecular weight is 609 g/mol. The minimum atomic E-state index is -1.02. The zero-order chi connectivity index (χ0) is 31.4. The summed E-state index contributed by atoms with van der Waals surface area (Å²) < 4.78 is 16.7. The second-order valence-corrected chi connectivity index (χ2v) is 11.4. The molecule has 0 radical (unpaired) electrons. The van der Waals surface area contributed by atoms with Crippen molar-refractivity contribution < 1.29 is 38.5 Å². The molecule has 3 aliphatic rings. The highest BCUT2D eigenvalue weighted by Crippen LogP contribution is 2.47. The van der Waals surface area contributed by atoms with Crippen molar-refractivity contribution in [1.82, 2.24) is 9.80 Å². The molecular formula is C32H40N4O8. The molecule has 0 bridgehead atoms. The molecule has 3 unspecified atom stereocenters. The van der Waals surface area contributed by atoms with Crippen molar-refractivity contribution in [3.8, 4) is 17.2 Å². The van der Waals surface area contributed by atoms with E-state index in [1.54, 1.807) is 17.0 Å². The lowest BCUT2D eigenvalue weighted by Gasteiger charge is -2.30. The number of carboxylic acid groups (broad SMARTS) is 1. The maximum absolute atomic E-state index is 14.0. The van der Waals surface area contributed by atoms with Crippen LogP contribution >= 0.6 is 0 Å². The SMILES string of the molecule is CCCCN(C(=O)CN1CC(c2cc(OC)c3c(c2)OCO3)C(C(=O)O)C1CCN1C(=O)CCC1=O)c1cccc(CN)c1. The summed E-state index contributed by atoms with van der Waals surface area (Å²) in [6.07, 6.45) is 2.21. The number of carbonyl (C=O) groups is 4. The minimum absolute atomic E-state index is 0.0300. The molecule has 236 valence electrons. The molecule has 12 heteroatoms. The molecule has 44 heavy (non-hydrogen) atoms. The third-order valence-electron chi connectivity index (χ3n) is 8.78. The molecule has 0 aromatic heterocycles. The highest BCUT2D eigenvalue weighted by atomic mass is 16.7. The largest absolute Gasteiger partial charge is 0.493 e. The van der Waals surface area contributed by atoms with Gasteiger partial charge in [0, 0.05) is 56.7 Å². The van der Waals surface area contributed by atoms with E-state index in [9.17, 15) is 24.3 Å². The van der Waals surface area contributed by atoms with Gasteiger partial charge in [-0.25, -0.2) is 0 Å². The normalized spacial score (nSPS) is 21.2. The Balaban J connectivity index is 1.47. The highest BCUT2D eigenvalue weighted by Gasteiger charge is 2.48. The molecule has 3 N–H and O–H groups in total. The van der Waals surface area contributed by atoms with Gasteiger partial charge in [0.2, 0.25) is 30.3 Å². The van der Waals surface area contributed by atoms with Crippen LogP contribution < -0.4 is 24.8 Å². The van der Waals surface area contributed by atoms with Crippen molar-refractivity contribution in [3.63, 3.8) is 0 Å². The van der Waals surface area contributed by atoms with Gasteiger partial charge in [-0.05, 0) is 48.2 Å². The number of nitrogens with zero attached hydrogens (tertiary/aromatic N) is 3. The lowest BCUT2D eigenvalue weighted by atomic mass is 9.84. The summed E-state index contributed by atoms with van der Waals surface area (Å²) in [6.45, 7) is 3.25. The number of amides is 3. The minimum Gasteiger partial charge on any atom is -0.493 e. The van der Waals surface area contributed by atoms with Crippen LogP contribution in [0.4, 0.5) is 5.69 Å². The third-order valence-corrected chi connectivity index (χ3v) is 8.78. The molecule has 2 aromatic carbocycles. The maximum atomic E-state index is 14.0. The van der Waals surface area contributed by atoms with E-state index in [4.69, 9.17) is 19.9 Å². The molecule has 0 spiro atoms. The molecule has 3 aliphatic heterocycles. The van der Waals surface area contributed by atoms with Crippen LogP contribution in [0.1, 0.15) is 56.1 Å². The fourth-order valence-corrected chi connectivity index (χ4v) is 6.51. The fourth-order valence-electron chi connectivity index (χ4n) is 6.51. The number of hydrogen-bond donors (Lipinski definition) is 2. The second-order valence-electron chi connectivity index (χ2n) is 11.4. The molecule has 12 nitrogen and oxygen atoms in total. The number of likely N-dealkylation sites (tertiary alicyclic amines) is 2. The molecule has 5 rings (SSSR count). The van der Waals surface area contributed by atoms with Gasteiger partial charge in [-0.3, -0.25) is 29.0 Å². The summed E-state index contributed by atoms with van der Waals surface area (Å²) in [7, 11) is 1.51. The van der Waals surface area contributed by atoms with Crippen molar-refractivity contribution in [1.29, 1.82) is 0 Å². The van der Waals surface area contributed by atoms with Gasteiger partial charge in [0.05, 0.1) is 19.6 Å². The first kappa shape index (κ1) is 31.3. The highest BCUT2D eigenvalue weighted by molar-refractivity contribution is 6.02. The van der Waals surface area contributed by atoms with E-state index in [1.165, 1.54) is 12.0 Å². The van der Waals surface area contributed by atoms with Crippen LogP contribution in [0.15, 0.2) is 36.4 Å². The van der Waals surface area contributed by atoms with Gasteiger partial charge in [-0.2, -0.15) is 0 Å². The number of aliphatic carboxylic acids is 1. The zero-order valence-corrected chi connectivity index (χ0v) is 25.2. The van der Waals surface area contributed by atoms with Crippen LogP contribution in [0.3, 0.4) is 0 Å². The van der Waals surface area contributed by atoms with E-state index in [-0.39, 0.29) is 63.4 Å². The predicted octanol–water partition coefficient (Wildman–Crippen LogP) is 2.72. The van der Waals surface area contributed by atoms with Crippen molar-refractivity contribution in [2.75, 3.05) is 45.0 Å². The van der Waals surface area contributed by atoms with Gasteiger partial charge in [0.25, 0.3) is 0 Å². The zero-order valence-electron chi connectivity index (χ0n) is 25.2. The average Bonchev–Trinajstić information content (AvgIpc) is 3.73. The van der Waals surface area contributed by atoms with E-state index in [2.05, 4.69) is 6.92 Å². The number of methoxy groups -OCH3 is 1. The number of rotatable bonds is 13. The standard InChI is InChI=1S/C32H40N4O8/c1-3-4-11-35(22-7-5-6-20(13-22)16-33)29(39)18-34-17-23(21-14-25(42-2)31-26(15-21)43-19-44-31)30(32(40)41)24(34)10-12-36-27(37)8-9-28(36)38/h5-7,13-15,23-24,30H,3-4,8-12,16-19,33H2,1-2H3,(H,40,41). The first-order valence-corrected chi connectivity index (χ1v) is 15.1. The number of ether oxygens (including phenoxy) is 3. The molecule has 2 aromatic rings. The summed E-state index contributed by atoms with van der Waals surface area (Å²) in [5.74, 6) is -1.80. The van der Waals surface area contributed by atoms with Crippen LogP contribution in [-0.4, -0.2) is 84.7 Å². The monoisotopic (exact) mass is 608 g/mol. The summed E-state index contributed by atoms with van der Waals surface area (Å²) in [5, 5.41) is 10.6. The van der Waals surface area contributed by atoms with Crippen molar-refractivity contribution in [2.24, 2.45) is 11.7 Å². The lowest BCUT2D eigenvalue weighted by molar-refractivity contribution is -0.143. The van der Waals surface area contributed by atoms with Crippen LogP contribution in [0.5, 0.6) is 17.2 Å². The van der Waals surface area contributed by atoms with Crippen molar-refractivity contribution >= 4 is 29.4 Å². The van der Waals surface area contributed by atoms with E-state index in [0.717, 1.165) is 24.1 Å². The molecule has 0 saturated carbocycles. The maximum Gasteiger partial charge on any atom is 0.308 e. The van der Waals surface area contributed by atoms with Crippen molar-refractivity contribution in [2.45, 2.75) is 57.5 Å². The quantitative estimate of drug-likeness (QED) is 0.325. The van der Waals surface area contributed by atoms with Gasteiger partial charge < -0.3 is 30.0 Å². The number of carbonyl (C=O) groups excluding carboxylic acids is 3. The number of nitrogens with two attached hydrogens (primary N) is 1. The molecule has 2 fully saturated rings. The van der Waals surface area contributed by atoms with E-state index >= 15 is 0 Å². The summed E-state index contributed by atoms with van der Waals surface area (Å²) in [6, 6.07) is 10.5. The Hall–Kier alpha value is -4.16. The molecule has 3 amide bonds. The Bertz CT molecular complexity index is 1400. The summed E-state index contributed by atoms with van der Waals surface area (Å²) in [5.41, 5.74) is 8.20. The molecule has 2 saturated heterocycles. The van der Waals surface area contributed by atoms with Crippen molar-refractivity contribution in [3.05, 3.63) is 47.5 Å². The Morgan fingerprint density at radius 2 is 1.91 bits per heavy atom. The van der Waals surface area contributed by atoms with Gasteiger partial charge >= 0.3 is 5.97 Å². The van der Waals surface area contributed by atoms with Crippen LogP contribution in [-0.2, 0) is 25.7 Å². The Kier molecular flexibility index (Phi) is 9.70. The molecule has 0 aliphatic carbocycles. The number of benzene rings is 2. The lowest BCUT2D eigenvalue weighted by Crippen LogP contribution is -2.46. The molecule has 3 heterocycles. The number of unbranched alkanes of at least 4 members (excludes halogenated alkanes) is 1. The first-order valence-electron chi connectivity index (χ1n) is 15.1. The van der Waals surface area contributed by atoms with E-state index in [0.29, 0.717) is 35.9 Å². The van der Waals surface area contributed by atoms with Crippen LogP contribution in [0, 0.1) is 5.92 Å². The smallest absolute Gasteiger partial charge is 0.308 e. The number of anilines is 1. The summed E-state index contributed by atoms with van der Waals surface area (Å²) in [4.78, 5) is 56.6. The van der Waals surface area contributed by atoms with E-state index in [1.807, 2.05) is 29.2 Å². The van der Waals surface area contributed by atoms with E-state index < -0.39 is 23.8 Å². The van der Waals surface area contributed by atoms with Gasteiger partial charge in [-0.15, -0.1) is 0 Å². The number of hydrogen-bond acceptors (Lipinski definition) is 9. The Morgan fingerprint density at radius 1 is 1.14 bits per heavy atom. The second kappa shape index (κ2) is 13.6. The van der Waals surface area contributed by atoms with Gasteiger partial charge in [0.15, 0.2) is 11.5 Å². The Labute approximate surface area is 256 Å². The third kappa shape index (κ3) is 6.36. The molecule has 3 atom stereocenters. The topological polar surface area (TPSA) is 152 Å². The van der Waals surface area contributed by atoms with Crippen LogP contribution in [0.25, 0.3) is 0 Å². The predicted molar refractivity (Wildman–Crippen MR) is 161 cm³/mol. The number of fused-ring (bicyclic) bond motifs is 1. The number of carboxylic acids is 1. The molecular weight excluding hydrogens is 568 g/mol. The Morgan fingerprint density at radius 3 is 2.59 bits per heavy atom. The van der Waals surface area contributed by atoms with Gasteiger partial charge in [0.1, 0.15) is 0 Å². The fraction of sp³-hybridized carbons (Fsp3) is 0.500.